The summed E-state index contributed by atoms with van der Waals surface area (Å²) < 4.78 is 4.73. The van der Waals surface area contributed by atoms with Crippen molar-refractivity contribution in [1.29, 1.82) is 0 Å². The number of nitrogens with zero attached hydrogens (tertiary/aromatic N) is 2. The maximum Gasteiger partial charge on any atom is 0.356 e. The molecule has 20 heavy (non-hydrogen) atoms. The average Bonchev–Trinajstić information content (AvgIpc) is 2.96. The Labute approximate surface area is 120 Å². The lowest BCUT2D eigenvalue weighted by molar-refractivity contribution is 0.0594. The second kappa shape index (κ2) is 6.70. The van der Waals surface area contributed by atoms with Crippen molar-refractivity contribution in [2.45, 2.75) is 32.2 Å². The number of aromatic nitrogens is 1. The van der Waals surface area contributed by atoms with Gasteiger partial charge in [0.1, 0.15) is 5.69 Å². The minimum absolute atomic E-state index is 0.353. The van der Waals surface area contributed by atoms with Gasteiger partial charge in [-0.05, 0) is 44.4 Å². The Hall–Kier alpha value is -1.62. The molecule has 0 aromatic carbocycles. The third-order valence-corrected chi connectivity index (χ3v) is 4.13. The Morgan fingerprint density at radius 3 is 3.00 bits per heavy atom. The van der Waals surface area contributed by atoms with Crippen molar-refractivity contribution in [2.75, 3.05) is 25.1 Å². The van der Waals surface area contributed by atoms with E-state index in [9.17, 15) is 4.79 Å². The number of pyridine rings is 1. The highest BCUT2D eigenvalue weighted by molar-refractivity contribution is 5.88. The first-order valence-electron chi connectivity index (χ1n) is 7.22. The molecular formula is C15H23N3O2. The van der Waals surface area contributed by atoms with Crippen LogP contribution < -0.4 is 10.6 Å². The lowest BCUT2D eigenvalue weighted by Crippen LogP contribution is -2.40. The van der Waals surface area contributed by atoms with Gasteiger partial charge >= 0.3 is 5.97 Å². The number of ether oxygens (including phenoxy) is 1. The van der Waals surface area contributed by atoms with E-state index in [4.69, 9.17) is 10.5 Å². The lowest BCUT2D eigenvalue weighted by Gasteiger charge is -2.34. The lowest BCUT2D eigenvalue weighted by atomic mass is 10.0. The number of rotatable bonds is 5. The smallest absolute Gasteiger partial charge is 0.356 e. The largest absolute Gasteiger partial charge is 0.464 e. The van der Waals surface area contributed by atoms with E-state index in [2.05, 4.69) is 16.8 Å². The Morgan fingerprint density at radius 2 is 2.35 bits per heavy atom. The van der Waals surface area contributed by atoms with Crippen molar-refractivity contribution < 1.29 is 9.53 Å². The summed E-state index contributed by atoms with van der Waals surface area (Å²) in [5.74, 6) is 0.134. The van der Waals surface area contributed by atoms with Gasteiger partial charge in [-0.25, -0.2) is 9.78 Å². The molecule has 1 heterocycles. The van der Waals surface area contributed by atoms with Crippen molar-refractivity contribution in [3.05, 3.63) is 24.0 Å². The standard InChI is InChI=1S/C15H23N3O2/c1-3-18(14-6-4-5-11(14)10-16)12-7-8-17-13(9-12)15(19)20-2/h7-9,11,14H,3-6,10,16H2,1-2H3. The number of methoxy groups -OCH3 is 1. The van der Waals surface area contributed by atoms with Crippen molar-refractivity contribution in [2.24, 2.45) is 11.7 Å². The molecule has 5 heteroatoms. The maximum absolute atomic E-state index is 11.6. The van der Waals surface area contributed by atoms with Gasteiger partial charge in [-0.1, -0.05) is 6.42 Å². The van der Waals surface area contributed by atoms with Gasteiger partial charge in [0.05, 0.1) is 7.11 Å². The molecule has 0 spiro atoms. The minimum atomic E-state index is -0.398. The van der Waals surface area contributed by atoms with Crippen LogP contribution in [0.5, 0.6) is 0 Å². The van der Waals surface area contributed by atoms with Crippen LogP contribution in [0.25, 0.3) is 0 Å². The quantitative estimate of drug-likeness (QED) is 0.831. The predicted molar refractivity (Wildman–Crippen MR) is 78.8 cm³/mol. The number of hydrogen-bond donors (Lipinski definition) is 1. The fraction of sp³-hybridized carbons (Fsp3) is 0.600. The van der Waals surface area contributed by atoms with E-state index in [-0.39, 0.29) is 0 Å². The first-order chi connectivity index (χ1) is 9.71. The second-order valence-corrected chi connectivity index (χ2v) is 5.17. The molecule has 1 aromatic heterocycles. The molecule has 0 radical (unpaired) electrons. The highest BCUT2D eigenvalue weighted by Crippen LogP contribution is 2.32. The van der Waals surface area contributed by atoms with Crippen LogP contribution in [0.15, 0.2) is 18.3 Å². The zero-order valence-electron chi connectivity index (χ0n) is 12.2. The van der Waals surface area contributed by atoms with Gasteiger partial charge in [0.25, 0.3) is 0 Å². The molecule has 1 saturated carbocycles. The Kier molecular flexibility index (Phi) is 4.95. The SMILES string of the molecule is CCN(c1ccnc(C(=O)OC)c1)C1CCCC1CN. The molecular weight excluding hydrogens is 254 g/mol. The summed E-state index contributed by atoms with van der Waals surface area (Å²) in [6, 6.07) is 4.21. The fourth-order valence-corrected chi connectivity index (χ4v) is 3.13. The Morgan fingerprint density at radius 1 is 1.55 bits per heavy atom. The second-order valence-electron chi connectivity index (χ2n) is 5.17. The molecule has 1 aromatic rings. The molecule has 0 amide bonds. The van der Waals surface area contributed by atoms with Crippen LogP contribution >= 0.6 is 0 Å². The van der Waals surface area contributed by atoms with Gasteiger partial charge in [-0.2, -0.15) is 0 Å². The molecule has 2 atom stereocenters. The Bertz CT molecular complexity index is 464. The van der Waals surface area contributed by atoms with E-state index < -0.39 is 5.97 Å². The van der Waals surface area contributed by atoms with Crippen LogP contribution in [0.1, 0.15) is 36.7 Å². The third kappa shape index (κ3) is 2.93. The number of carbonyl (C=O) groups is 1. The summed E-state index contributed by atoms with van der Waals surface area (Å²) in [6.45, 7) is 3.74. The summed E-state index contributed by atoms with van der Waals surface area (Å²) >= 11 is 0. The van der Waals surface area contributed by atoms with Crippen molar-refractivity contribution in [3.8, 4) is 0 Å². The molecule has 110 valence electrons. The number of esters is 1. The van der Waals surface area contributed by atoms with Gasteiger partial charge in [-0.15, -0.1) is 0 Å². The maximum atomic E-state index is 11.6. The van der Waals surface area contributed by atoms with Crippen LogP contribution in [0.4, 0.5) is 5.69 Å². The molecule has 1 fully saturated rings. The number of nitrogens with two attached hydrogens (primary N) is 1. The van der Waals surface area contributed by atoms with Crippen LogP contribution in [-0.2, 0) is 4.74 Å². The zero-order valence-corrected chi connectivity index (χ0v) is 12.2. The number of carbonyl (C=O) groups excluding carboxylic acids is 1. The first-order valence-corrected chi connectivity index (χ1v) is 7.22. The molecule has 2 N–H and O–H groups in total. The topological polar surface area (TPSA) is 68.5 Å². The van der Waals surface area contributed by atoms with Gasteiger partial charge < -0.3 is 15.4 Å². The van der Waals surface area contributed by atoms with E-state index in [1.165, 1.54) is 20.0 Å². The Balaban J connectivity index is 2.25. The van der Waals surface area contributed by atoms with Gasteiger partial charge in [-0.3, -0.25) is 0 Å². The van der Waals surface area contributed by atoms with Crippen LogP contribution in [0.2, 0.25) is 0 Å². The normalized spacial score (nSPS) is 21.8. The van der Waals surface area contributed by atoms with Gasteiger partial charge in [0.15, 0.2) is 0 Å². The molecule has 1 aliphatic rings. The van der Waals surface area contributed by atoms with E-state index >= 15 is 0 Å². The van der Waals surface area contributed by atoms with Crippen LogP contribution in [0, 0.1) is 5.92 Å². The summed E-state index contributed by atoms with van der Waals surface area (Å²) in [4.78, 5) is 18.0. The highest BCUT2D eigenvalue weighted by Gasteiger charge is 2.31. The van der Waals surface area contributed by atoms with Crippen LogP contribution in [-0.4, -0.2) is 37.2 Å². The average molecular weight is 277 g/mol. The molecule has 2 unspecified atom stereocenters. The zero-order chi connectivity index (χ0) is 14.5. The van der Waals surface area contributed by atoms with Gasteiger partial charge in [0, 0.05) is 24.5 Å². The number of hydrogen-bond acceptors (Lipinski definition) is 5. The van der Waals surface area contributed by atoms with E-state index in [0.717, 1.165) is 25.2 Å². The molecule has 2 rings (SSSR count). The molecule has 0 aliphatic heterocycles. The number of anilines is 1. The predicted octanol–water partition coefficient (Wildman–Crippen LogP) is 1.82. The summed E-state index contributed by atoms with van der Waals surface area (Å²) in [5.41, 5.74) is 7.26. The third-order valence-electron chi connectivity index (χ3n) is 4.13. The molecule has 5 nitrogen and oxygen atoms in total. The minimum Gasteiger partial charge on any atom is -0.464 e. The fourth-order valence-electron chi connectivity index (χ4n) is 3.13. The first kappa shape index (κ1) is 14.8. The van der Waals surface area contributed by atoms with E-state index in [1.807, 2.05) is 6.07 Å². The van der Waals surface area contributed by atoms with Crippen molar-refractivity contribution in [1.82, 2.24) is 4.98 Å². The molecule has 0 bridgehead atoms. The molecule has 1 aliphatic carbocycles. The summed E-state index contributed by atoms with van der Waals surface area (Å²) in [5, 5.41) is 0. The van der Waals surface area contributed by atoms with Crippen LogP contribution in [0.3, 0.4) is 0 Å². The summed E-state index contributed by atoms with van der Waals surface area (Å²) in [7, 11) is 1.37. The molecule has 0 saturated heterocycles. The van der Waals surface area contributed by atoms with E-state index in [0.29, 0.717) is 17.7 Å². The monoisotopic (exact) mass is 277 g/mol. The van der Waals surface area contributed by atoms with Crippen molar-refractivity contribution >= 4 is 11.7 Å². The van der Waals surface area contributed by atoms with E-state index in [1.54, 1.807) is 12.3 Å². The summed E-state index contributed by atoms with van der Waals surface area (Å²) in [6.07, 6.45) is 5.23. The van der Waals surface area contributed by atoms with Gasteiger partial charge in [0.2, 0.25) is 0 Å². The van der Waals surface area contributed by atoms with Crippen molar-refractivity contribution in [3.63, 3.8) is 0 Å². The highest BCUT2D eigenvalue weighted by atomic mass is 16.5.